The van der Waals surface area contributed by atoms with E-state index < -0.39 is 0 Å². The molecule has 1 aliphatic rings. The molecule has 0 fully saturated rings. The van der Waals surface area contributed by atoms with Crippen molar-refractivity contribution in [2.24, 2.45) is 12.0 Å². The van der Waals surface area contributed by atoms with E-state index in [4.69, 9.17) is 4.98 Å². The third-order valence-electron chi connectivity index (χ3n) is 3.92. The minimum atomic E-state index is 0.965. The molecule has 0 bridgehead atoms. The van der Waals surface area contributed by atoms with E-state index in [1.165, 1.54) is 0 Å². The van der Waals surface area contributed by atoms with E-state index in [0.29, 0.717) is 0 Å². The molecule has 4 nitrogen and oxygen atoms in total. The summed E-state index contributed by atoms with van der Waals surface area (Å²) in [6, 6.07) is 16.5. The van der Waals surface area contributed by atoms with Gasteiger partial charge < -0.3 is 9.47 Å². The SMILES string of the molecule is Cn1c(-c2cccc(N3C=CC=NC=C3)c2)nc2ccccc21. The van der Waals surface area contributed by atoms with Crippen molar-refractivity contribution < 1.29 is 0 Å². The average Bonchev–Trinajstić information content (AvgIpc) is 2.78. The van der Waals surface area contributed by atoms with E-state index in [1.807, 2.05) is 41.6 Å². The zero-order valence-electron chi connectivity index (χ0n) is 12.8. The van der Waals surface area contributed by atoms with Gasteiger partial charge in [-0.2, -0.15) is 0 Å². The third-order valence-corrected chi connectivity index (χ3v) is 3.92. The van der Waals surface area contributed by atoms with Crippen LogP contribution in [0.1, 0.15) is 0 Å². The normalized spacial score (nSPS) is 13.7. The molecule has 0 saturated carbocycles. The van der Waals surface area contributed by atoms with E-state index in [9.17, 15) is 0 Å². The van der Waals surface area contributed by atoms with Crippen LogP contribution in [-0.2, 0) is 7.05 Å². The first kappa shape index (κ1) is 13.5. The Labute approximate surface area is 134 Å². The minimum Gasteiger partial charge on any atom is -0.327 e. The maximum absolute atomic E-state index is 4.77. The first-order chi connectivity index (χ1) is 11.3. The Kier molecular flexibility index (Phi) is 3.27. The molecule has 4 heteroatoms. The fourth-order valence-corrected chi connectivity index (χ4v) is 2.77. The molecule has 0 spiro atoms. The fourth-order valence-electron chi connectivity index (χ4n) is 2.77. The molecule has 1 aliphatic heterocycles. The highest BCUT2D eigenvalue weighted by Crippen LogP contribution is 2.27. The Morgan fingerprint density at radius 1 is 0.957 bits per heavy atom. The van der Waals surface area contributed by atoms with Crippen LogP contribution in [0.15, 0.2) is 78.2 Å². The minimum absolute atomic E-state index is 0.965. The number of hydrogen-bond donors (Lipinski definition) is 0. The molecule has 0 saturated heterocycles. The summed E-state index contributed by atoms with van der Waals surface area (Å²) in [5.74, 6) is 0.965. The number of aliphatic imine (C=N–C) groups is 1. The molecule has 4 rings (SSSR count). The van der Waals surface area contributed by atoms with Gasteiger partial charge in [0.25, 0.3) is 0 Å². The quantitative estimate of drug-likeness (QED) is 0.713. The maximum atomic E-state index is 4.77. The van der Waals surface area contributed by atoms with Gasteiger partial charge in [0.1, 0.15) is 5.82 Å². The van der Waals surface area contributed by atoms with Crippen LogP contribution in [-0.4, -0.2) is 15.8 Å². The van der Waals surface area contributed by atoms with E-state index in [0.717, 1.165) is 28.1 Å². The molecule has 0 amide bonds. The van der Waals surface area contributed by atoms with Crippen LogP contribution in [0.4, 0.5) is 5.69 Å². The first-order valence-electron chi connectivity index (χ1n) is 7.50. The molecule has 0 N–H and O–H groups in total. The molecule has 112 valence electrons. The molecule has 0 atom stereocenters. The molecular weight excluding hydrogens is 284 g/mol. The number of para-hydroxylation sites is 2. The van der Waals surface area contributed by atoms with Gasteiger partial charge in [0.05, 0.1) is 11.0 Å². The van der Waals surface area contributed by atoms with Gasteiger partial charge in [0.2, 0.25) is 0 Å². The predicted octanol–water partition coefficient (Wildman–Crippen LogP) is 4.12. The highest BCUT2D eigenvalue weighted by molar-refractivity contribution is 5.81. The van der Waals surface area contributed by atoms with E-state index in [-0.39, 0.29) is 0 Å². The largest absolute Gasteiger partial charge is 0.327 e. The Bertz CT molecular complexity index is 931. The van der Waals surface area contributed by atoms with Crippen LogP contribution in [0.5, 0.6) is 0 Å². The lowest BCUT2D eigenvalue weighted by Crippen LogP contribution is -2.06. The monoisotopic (exact) mass is 300 g/mol. The Morgan fingerprint density at radius 2 is 1.87 bits per heavy atom. The van der Waals surface area contributed by atoms with Crippen molar-refractivity contribution in [1.29, 1.82) is 0 Å². The smallest absolute Gasteiger partial charge is 0.140 e. The van der Waals surface area contributed by atoms with Gasteiger partial charge in [-0.1, -0.05) is 24.3 Å². The number of benzene rings is 2. The summed E-state index contributed by atoms with van der Waals surface area (Å²) in [6.07, 6.45) is 9.39. The lowest BCUT2D eigenvalue weighted by Gasteiger charge is -2.15. The molecule has 0 aliphatic carbocycles. The topological polar surface area (TPSA) is 33.4 Å². The van der Waals surface area contributed by atoms with Crippen LogP contribution in [0.3, 0.4) is 0 Å². The number of anilines is 1. The van der Waals surface area contributed by atoms with Crippen molar-refractivity contribution in [1.82, 2.24) is 9.55 Å². The van der Waals surface area contributed by atoms with Crippen LogP contribution >= 0.6 is 0 Å². The second-order valence-corrected chi connectivity index (χ2v) is 5.38. The number of allylic oxidation sites excluding steroid dienone is 1. The Balaban J connectivity index is 1.80. The summed E-state index contributed by atoms with van der Waals surface area (Å²) in [5.41, 5.74) is 4.31. The lowest BCUT2D eigenvalue weighted by molar-refractivity contribution is 0.959. The molecular formula is C19H16N4. The molecule has 2 heterocycles. The zero-order chi connectivity index (χ0) is 15.6. The van der Waals surface area contributed by atoms with Crippen molar-refractivity contribution in [3.8, 4) is 11.4 Å². The number of hydrogen-bond acceptors (Lipinski definition) is 3. The first-order valence-corrected chi connectivity index (χ1v) is 7.50. The van der Waals surface area contributed by atoms with E-state index >= 15 is 0 Å². The van der Waals surface area contributed by atoms with Crippen molar-refractivity contribution in [3.05, 3.63) is 73.2 Å². The second kappa shape index (κ2) is 5.57. The average molecular weight is 300 g/mol. The van der Waals surface area contributed by atoms with Crippen molar-refractivity contribution >= 4 is 22.9 Å². The summed E-state index contributed by atoms with van der Waals surface area (Å²) >= 11 is 0. The number of fused-ring (bicyclic) bond motifs is 1. The second-order valence-electron chi connectivity index (χ2n) is 5.38. The molecule has 0 unspecified atom stereocenters. The van der Waals surface area contributed by atoms with E-state index in [1.54, 1.807) is 12.4 Å². The summed E-state index contributed by atoms with van der Waals surface area (Å²) in [5, 5.41) is 0. The van der Waals surface area contributed by atoms with Crippen molar-refractivity contribution in [3.63, 3.8) is 0 Å². The molecule has 2 aromatic carbocycles. The Hall–Kier alpha value is -3.14. The molecule has 1 aromatic heterocycles. The summed E-state index contributed by atoms with van der Waals surface area (Å²) in [4.78, 5) is 10.9. The van der Waals surface area contributed by atoms with Gasteiger partial charge >= 0.3 is 0 Å². The number of nitrogens with zero attached hydrogens (tertiary/aromatic N) is 4. The van der Waals surface area contributed by atoms with Gasteiger partial charge in [-0.3, -0.25) is 4.99 Å². The Morgan fingerprint density at radius 3 is 2.78 bits per heavy atom. The lowest BCUT2D eigenvalue weighted by atomic mass is 10.2. The molecule has 3 aromatic rings. The number of rotatable bonds is 2. The fraction of sp³-hybridized carbons (Fsp3) is 0.0526. The van der Waals surface area contributed by atoms with Gasteiger partial charge in [0.15, 0.2) is 0 Å². The zero-order valence-corrected chi connectivity index (χ0v) is 12.8. The van der Waals surface area contributed by atoms with Crippen LogP contribution in [0.25, 0.3) is 22.4 Å². The van der Waals surface area contributed by atoms with Gasteiger partial charge in [-0.25, -0.2) is 4.98 Å². The maximum Gasteiger partial charge on any atom is 0.140 e. The molecule has 23 heavy (non-hydrogen) atoms. The summed E-state index contributed by atoms with van der Waals surface area (Å²) in [7, 11) is 2.05. The highest BCUT2D eigenvalue weighted by atomic mass is 15.1. The number of aromatic nitrogens is 2. The van der Waals surface area contributed by atoms with Crippen molar-refractivity contribution in [2.45, 2.75) is 0 Å². The molecule has 0 radical (unpaired) electrons. The summed E-state index contributed by atoms with van der Waals surface area (Å²) in [6.45, 7) is 0. The summed E-state index contributed by atoms with van der Waals surface area (Å²) < 4.78 is 2.13. The van der Waals surface area contributed by atoms with Gasteiger partial charge in [0, 0.05) is 43.1 Å². The highest BCUT2D eigenvalue weighted by Gasteiger charge is 2.10. The van der Waals surface area contributed by atoms with Crippen LogP contribution < -0.4 is 4.90 Å². The van der Waals surface area contributed by atoms with Crippen LogP contribution in [0.2, 0.25) is 0 Å². The predicted molar refractivity (Wildman–Crippen MR) is 95.4 cm³/mol. The third kappa shape index (κ3) is 2.44. The standard InChI is InChI=1S/C19H16N4/c1-22-18-9-3-2-8-17(18)21-19(22)15-6-4-7-16(14-15)23-12-5-10-20-11-13-23/h2-14H,1H3. The van der Waals surface area contributed by atoms with Crippen molar-refractivity contribution in [2.75, 3.05) is 4.90 Å². The van der Waals surface area contributed by atoms with Gasteiger partial charge in [-0.15, -0.1) is 0 Å². The number of aryl methyl sites for hydroxylation is 1. The van der Waals surface area contributed by atoms with Crippen LogP contribution in [0, 0.1) is 0 Å². The number of imidazole rings is 1. The van der Waals surface area contributed by atoms with Gasteiger partial charge in [-0.05, 0) is 30.3 Å². The van der Waals surface area contributed by atoms with E-state index in [2.05, 4.69) is 46.9 Å².